The SMILES string of the molecule is CN[C@@H](CC[C@@H]1CCN(CCSC2CCCC2)C[C@@H]1CO)c1ccnc2ccc(OC)cc12. The normalized spacial score (nSPS) is 23.2. The molecule has 2 N–H and O–H groups in total. The molecule has 0 unspecified atom stereocenters. The Bertz CT molecular complexity index is 874. The maximum Gasteiger partial charge on any atom is 0.119 e. The van der Waals surface area contributed by atoms with Gasteiger partial charge >= 0.3 is 0 Å². The van der Waals surface area contributed by atoms with Crippen LogP contribution in [0.3, 0.4) is 0 Å². The fraction of sp³-hybridized carbons (Fsp3) is 0.667. The molecule has 2 aromatic rings. The van der Waals surface area contributed by atoms with Gasteiger partial charge in [-0.2, -0.15) is 11.8 Å². The van der Waals surface area contributed by atoms with Crippen LogP contribution in [0.15, 0.2) is 30.5 Å². The monoisotopic (exact) mass is 471 g/mol. The highest BCUT2D eigenvalue weighted by Gasteiger charge is 2.29. The second-order valence-electron chi connectivity index (χ2n) is 9.77. The highest BCUT2D eigenvalue weighted by atomic mass is 32.2. The van der Waals surface area contributed by atoms with Crippen LogP contribution in [0.2, 0.25) is 0 Å². The molecule has 5 nitrogen and oxygen atoms in total. The van der Waals surface area contributed by atoms with Crippen molar-refractivity contribution in [2.24, 2.45) is 11.8 Å². The highest BCUT2D eigenvalue weighted by Crippen LogP contribution is 2.34. The molecule has 3 atom stereocenters. The Morgan fingerprint density at radius 1 is 1.21 bits per heavy atom. The first-order valence-corrected chi connectivity index (χ1v) is 13.8. The number of likely N-dealkylation sites (tertiary alicyclic amines) is 1. The molecule has 1 aromatic carbocycles. The average molecular weight is 472 g/mol. The van der Waals surface area contributed by atoms with Crippen molar-refractivity contribution in [2.75, 3.05) is 46.2 Å². The van der Waals surface area contributed by atoms with Gasteiger partial charge in [0.15, 0.2) is 0 Å². The molecule has 1 saturated carbocycles. The van der Waals surface area contributed by atoms with Crippen LogP contribution < -0.4 is 10.1 Å². The summed E-state index contributed by atoms with van der Waals surface area (Å²) in [5, 5.41) is 15.7. The molecule has 0 radical (unpaired) electrons. The largest absolute Gasteiger partial charge is 0.497 e. The molecular formula is C27H41N3O2S. The standard InChI is InChI=1S/C27H41N3O2S/c1-28-26(24-11-13-29-27-10-8-22(32-2)17-25(24)27)9-7-20-12-14-30(18-21(20)19-31)15-16-33-23-5-3-4-6-23/h8,10-11,13,17,20-21,23,26,28,31H,3-7,9,12,14-16,18-19H2,1-2H3/t20-,21-,26+/m1/s1. The zero-order chi connectivity index (χ0) is 23.0. The number of piperidine rings is 1. The van der Waals surface area contributed by atoms with E-state index in [-0.39, 0.29) is 6.04 Å². The second-order valence-corrected chi connectivity index (χ2v) is 11.2. The lowest BCUT2D eigenvalue weighted by atomic mass is 9.81. The molecule has 2 heterocycles. The Balaban J connectivity index is 1.32. The van der Waals surface area contributed by atoms with Crippen molar-refractivity contribution in [1.29, 1.82) is 0 Å². The summed E-state index contributed by atoms with van der Waals surface area (Å²) in [5.74, 6) is 3.09. The Hall–Kier alpha value is -1.34. The minimum absolute atomic E-state index is 0.266. The van der Waals surface area contributed by atoms with Gasteiger partial charge in [-0.25, -0.2) is 0 Å². The van der Waals surface area contributed by atoms with Gasteiger partial charge in [0.1, 0.15) is 5.75 Å². The van der Waals surface area contributed by atoms with Crippen LogP contribution in [-0.4, -0.2) is 66.4 Å². The quantitative estimate of drug-likeness (QED) is 0.487. The van der Waals surface area contributed by atoms with Gasteiger partial charge in [-0.1, -0.05) is 12.8 Å². The number of pyridine rings is 1. The molecule has 1 saturated heterocycles. The molecular weight excluding hydrogens is 430 g/mol. The fourth-order valence-electron chi connectivity index (χ4n) is 5.76. The first-order valence-electron chi connectivity index (χ1n) is 12.8. The van der Waals surface area contributed by atoms with Gasteiger partial charge in [0.2, 0.25) is 0 Å². The van der Waals surface area contributed by atoms with E-state index in [9.17, 15) is 5.11 Å². The maximum absolute atomic E-state index is 10.1. The van der Waals surface area contributed by atoms with Crippen molar-refractivity contribution < 1.29 is 9.84 Å². The molecule has 1 aliphatic carbocycles. The summed E-state index contributed by atoms with van der Waals surface area (Å²) in [6.45, 7) is 3.70. The van der Waals surface area contributed by atoms with Crippen LogP contribution in [-0.2, 0) is 0 Å². The van der Waals surface area contributed by atoms with Gasteiger partial charge < -0.3 is 20.1 Å². The smallest absolute Gasteiger partial charge is 0.119 e. The lowest BCUT2D eigenvalue weighted by Crippen LogP contribution is -2.43. The van der Waals surface area contributed by atoms with Crippen LogP contribution in [0.1, 0.15) is 56.6 Å². The van der Waals surface area contributed by atoms with E-state index in [4.69, 9.17) is 4.74 Å². The van der Waals surface area contributed by atoms with Crippen molar-refractivity contribution in [3.05, 3.63) is 36.0 Å². The number of aromatic nitrogens is 1. The number of aliphatic hydroxyl groups is 1. The van der Waals surface area contributed by atoms with Gasteiger partial charge in [-0.3, -0.25) is 4.98 Å². The number of nitrogens with zero attached hydrogens (tertiary/aromatic N) is 2. The van der Waals surface area contributed by atoms with E-state index in [1.165, 1.54) is 56.5 Å². The third kappa shape index (κ3) is 6.41. The first kappa shape index (κ1) is 24.8. The number of hydrogen-bond acceptors (Lipinski definition) is 6. The predicted molar refractivity (Wildman–Crippen MR) is 139 cm³/mol. The van der Waals surface area contributed by atoms with E-state index in [1.807, 2.05) is 25.4 Å². The number of methoxy groups -OCH3 is 1. The van der Waals surface area contributed by atoms with Crippen LogP contribution in [0.4, 0.5) is 0 Å². The summed E-state index contributed by atoms with van der Waals surface area (Å²) in [7, 11) is 3.76. The summed E-state index contributed by atoms with van der Waals surface area (Å²) >= 11 is 2.18. The second kappa shape index (κ2) is 12.4. The van der Waals surface area contributed by atoms with Gasteiger partial charge in [0, 0.05) is 48.3 Å². The minimum Gasteiger partial charge on any atom is -0.497 e. The van der Waals surface area contributed by atoms with E-state index < -0.39 is 0 Å². The Labute approximate surface area is 203 Å². The molecule has 2 aliphatic rings. The number of benzene rings is 1. The number of hydrogen-bond donors (Lipinski definition) is 2. The van der Waals surface area contributed by atoms with Crippen LogP contribution in [0.25, 0.3) is 10.9 Å². The zero-order valence-electron chi connectivity index (χ0n) is 20.3. The lowest BCUT2D eigenvalue weighted by molar-refractivity contribution is 0.0696. The summed E-state index contributed by atoms with van der Waals surface area (Å²) in [6.07, 6.45) is 11.0. The van der Waals surface area contributed by atoms with Gasteiger partial charge in [-0.15, -0.1) is 0 Å². The fourth-order valence-corrected chi connectivity index (χ4v) is 7.13. The van der Waals surface area contributed by atoms with Crippen molar-refractivity contribution >= 4 is 22.7 Å². The predicted octanol–water partition coefficient (Wildman–Crippen LogP) is 4.89. The maximum atomic E-state index is 10.1. The van der Waals surface area contributed by atoms with Crippen molar-refractivity contribution in [3.63, 3.8) is 0 Å². The molecule has 4 rings (SSSR count). The molecule has 1 aromatic heterocycles. The van der Waals surface area contributed by atoms with Gasteiger partial charge in [0.05, 0.1) is 12.6 Å². The summed E-state index contributed by atoms with van der Waals surface area (Å²) in [4.78, 5) is 7.14. The lowest BCUT2D eigenvalue weighted by Gasteiger charge is -2.38. The number of aliphatic hydroxyl groups excluding tert-OH is 1. The summed E-state index contributed by atoms with van der Waals surface area (Å²) < 4.78 is 5.46. The first-order chi connectivity index (χ1) is 16.2. The zero-order valence-corrected chi connectivity index (χ0v) is 21.2. The molecule has 6 heteroatoms. The van der Waals surface area contributed by atoms with Gasteiger partial charge in [0.25, 0.3) is 0 Å². The van der Waals surface area contributed by atoms with E-state index >= 15 is 0 Å². The number of rotatable bonds is 11. The molecule has 0 amide bonds. The molecule has 182 valence electrons. The number of fused-ring (bicyclic) bond motifs is 1. The highest BCUT2D eigenvalue weighted by molar-refractivity contribution is 7.99. The van der Waals surface area contributed by atoms with Crippen LogP contribution in [0, 0.1) is 11.8 Å². The molecule has 0 bridgehead atoms. The van der Waals surface area contributed by atoms with Crippen LogP contribution >= 0.6 is 11.8 Å². The summed E-state index contributed by atoms with van der Waals surface area (Å²) in [5.41, 5.74) is 2.29. The van der Waals surface area contributed by atoms with Crippen molar-refractivity contribution in [1.82, 2.24) is 15.2 Å². The van der Waals surface area contributed by atoms with E-state index in [0.717, 1.165) is 41.3 Å². The van der Waals surface area contributed by atoms with E-state index in [2.05, 4.69) is 39.1 Å². The number of ether oxygens (including phenoxy) is 1. The van der Waals surface area contributed by atoms with E-state index in [0.29, 0.717) is 18.4 Å². The molecule has 1 aliphatic heterocycles. The Kier molecular flexibility index (Phi) is 9.30. The number of thioether (sulfide) groups is 1. The number of nitrogens with one attached hydrogen (secondary N) is 1. The average Bonchev–Trinajstić information content (AvgIpc) is 3.38. The van der Waals surface area contributed by atoms with Gasteiger partial charge in [-0.05, 0) is 87.4 Å². The topological polar surface area (TPSA) is 57.6 Å². The molecule has 33 heavy (non-hydrogen) atoms. The third-order valence-electron chi connectivity index (χ3n) is 7.81. The van der Waals surface area contributed by atoms with Crippen LogP contribution in [0.5, 0.6) is 5.75 Å². The Morgan fingerprint density at radius 3 is 2.82 bits per heavy atom. The summed E-state index contributed by atoms with van der Waals surface area (Å²) in [6, 6.07) is 8.51. The third-order valence-corrected chi connectivity index (χ3v) is 9.17. The molecule has 0 spiro atoms. The van der Waals surface area contributed by atoms with E-state index in [1.54, 1.807) is 7.11 Å². The van der Waals surface area contributed by atoms with Crippen molar-refractivity contribution in [2.45, 2.75) is 56.2 Å². The minimum atomic E-state index is 0.266. The van der Waals surface area contributed by atoms with Crippen molar-refractivity contribution in [3.8, 4) is 5.75 Å². The molecule has 2 fully saturated rings. The Morgan fingerprint density at radius 2 is 2.06 bits per heavy atom.